The zero-order valence-electron chi connectivity index (χ0n) is 18.0. The maximum atomic E-state index is 12.0. The van der Waals surface area contributed by atoms with E-state index in [0.29, 0.717) is 52.9 Å². The molecule has 2 nitrogen and oxygen atoms in total. The fourth-order valence-corrected chi connectivity index (χ4v) is 6.35. The highest BCUT2D eigenvalue weighted by Gasteiger charge is 2.45. The highest BCUT2D eigenvalue weighted by Crippen LogP contribution is 2.52. The number of aliphatic carboxylic acids is 1. The molecule has 0 saturated heterocycles. The average Bonchev–Trinajstić information content (AvgIpc) is 2.54. The summed E-state index contributed by atoms with van der Waals surface area (Å²) in [4.78, 5) is 12.0. The van der Waals surface area contributed by atoms with E-state index in [9.17, 15) is 9.90 Å². The van der Waals surface area contributed by atoms with Gasteiger partial charge < -0.3 is 5.11 Å². The summed E-state index contributed by atoms with van der Waals surface area (Å²) in [6, 6.07) is 0. The molecular weight excluding hydrogens is 320 g/mol. The van der Waals surface area contributed by atoms with E-state index in [1.807, 2.05) is 0 Å². The summed E-state index contributed by atoms with van der Waals surface area (Å²) in [6.45, 7) is 18.2. The molecule has 2 heteroatoms. The minimum Gasteiger partial charge on any atom is -0.478 e. The largest absolute Gasteiger partial charge is 0.478 e. The summed E-state index contributed by atoms with van der Waals surface area (Å²) in [5, 5.41) is 9.90. The lowest BCUT2D eigenvalue weighted by Gasteiger charge is -2.49. The molecule has 0 aromatic rings. The fourth-order valence-electron chi connectivity index (χ4n) is 6.35. The van der Waals surface area contributed by atoms with Crippen LogP contribution in [0, 0.1) is 53.3 Å². The van der Waals surface area contributed by atoms with E-state index in [-0.39, 0.29) is 5.92 Å². The topological polar surface area (TPSA) is 37.3 Å². The minimum atomic E-state index is -0.767. The van der Waals surface area contributed by atoms with Crippen molar-refractivity contribution in [3.8, 4) is 0 Å². The van der Waals surface area contributed by atoms with Gasteiger partial charge in [0.25, 0.3) is 0 Å². The highest BCUT2D eigenvalue weighted by atomic mass is 16.4. The molecule has 2 aliphatic carbocycles. The number of carboxylic acid groups (broad SMARTS) is 1. The molecule has 6 unspecified atom stereocenters. The van der Waals surface area contributed by atoms with Crippen molar-refractivity contribution in [2.24, 2.45) is 53.3 Å². The van der Waals surface area contributed by atoms with Gasteiger partial charge >= 0.3 is 5.97 Å². The lowest BCUT2D eigenvalue weighted by Crippen LogP contribution is -2.43. The van der Waals surface area contributed by atoms with Crippen LogP contribution in [-0.2, 0) is 4.79 Å². The predicted molar refractivity (Wildman–Crippen MR) is 110 cm³/mol. The van der Waals surface area contributed by atoms with Crippen LogP contribution in [0.5, 0.6) is 0 Å². The van der Waals surface area contributed by atoms with Crippen molar-refractivity contribution in [2.75, 3.05) is 0 Å². The van der Waals surface area contributed by atoms with Crippen molar-refractivity contribution < 1.29 is 9.90 Å². The average molecular weight is 363 g/mol. The first-order valence-corrected chi connectivity index (χ1v) is 11.1. The molecule has 0 heterocycles. The van der Waals surface area contributed by atoms with Crippen LogP contribution < -0.4 is 0 Å². The summed E-state index contributed by atoms with van der Waals surface area (Å²) < 4.78 is 0. The number of hydrogen-bond donors (Lipinski definition) is 1. The van der Waals surface area contributed by atoms with E-state index in [1.54, 1.807) is 0 Å². The molecule has 0 aromatic carbocycles. The zero-order valence-corrected chi connectivity index (χ0v) is 18.0. The van der Waals surface area contributed by atoms with Crippen molar-refractivity contribution >= 4 is 5.97 Å². The molecule has 2 aliphatic rings. The summed E-state index contributed by atoms with van der Waals surface area (Å²) in [5.74, 6) is 4.28. The normalized spacial score (nSPS) is 36.9. The second-order valence-electron chi connectivity index (χ2n) is 10.3. The molecule has 0 aliphatic heterocycles. The molecule has 0 amide bonds. The van der Waals surface area contributed by atoms with Crippen LogP contribution in [0.1, 0.15) is 80.1 Å². The van der Waals surface area contributed by atoms with E-state index >= 15 is 0 Å². The third kappa shape index (κ3) is 4.73. The van der Waals surface area contributed by atoms with Gasteiger partial charge in [-0.2, -0.15) is 0 Å². The summed E-state index contributed by atoms with van der Waals surface area (Å²) >= 11 is 0. The van der Waals surface area contributed by atoms with Crippen molar-refractivity contribution in [3.05, 3.63) is 12.2 Å². The molecule has 6 atom stereocenters. The SMILES string of the molecule is C=C(C(=O)O)C(C1CC(C)CCC1C(C)C)C1CC(C)CCC1C(C)C. The summed E-state index contributed by atoms with van der Waals surface area (Å²) in [6.07, 6.45) is 7.44. The Morgan fingerprint density at radius 2 is 1.19 bits per heavy atom. The Bertz CT molecular complexity index is 460. The monoisotopic (exact) mass is 362 g/mol. The zero-order chi connectivity index (χ0) is 19.6. The van der Waals surface area contributed by atoms with Gasteiger partial charge in [-0.1, -0.05) is 61.0 Å². The number of rotatable bonds is 6. The van der Waals surface area contributed by atoms with Gasteiger partial charge in [0.1, 0.15) is 0 Å². The number of carbonyl (C=O) groups is 1. The third-order valence-corrected chi connectivity index (χ3v) is 7.75. The Morgan fingerprint density at radius 1 is 0.808 bits per heavy atom. The van der Waals surface area contributed by atoms with Crippen LogP contribution in [0.2, 0.25) is 0 Å². The van der Waals surface area contributed by atoms with Gasteiger partial charge in [-0.05, 0) is 78.9 Å². The summed E-state index contributed by atoms with van der Waals surface area (Å²) in [7, 11) is 0. The highest BCUT2D eigenvalue weighted by molar-refractivity contribution is 5.86. The Morgan fingerprint density at radius 3 is 1.50 bits per heavy atom. The van der Waals surface area contributed by atoms with Crippen LogP contribution in [0.3, 0.4) is 0 Å². The first-order valence-electron chi connectivity index (χ1n) is 11.1. The standard InChI is InChI=1S/C24H42O2/c1-14(2)19-10-8-16(5)12-21(19)23(18(7)24(25)26)22-13-17(6)9-11-20(22)15(3)4/h14-17,19-23H,7-13H2,1-6H3,(H,25,26). The number of carboxylic acids is 1. The van der Waals surface area contributed by atoms with Gasteiger partial charge in [0.15, 0.2) is 0 Å². The van der Waals surface area contributed by atoms with Gasteiger partial charge in [0.05, 0.1) is 0 Å². The van der Waals surface area contributed by atoms with Crippen LogP contribution in [0.4, 0.5) is 0 Å². The third-order valence-electron chi connectivity index (χ3n) is 7.75. The fraction of sp³-hybridized carbons (Fsp3) is 0.875. The molecule has 0 radical (unpaired) electrons. The van der Waals surface area contributed by atoms with E-state index in [4.69, 9.17) is 0 Å². The molecular formula is C24H42O2. The van der Waals surface area contributed by atoms with Crippen LogP contribution in [-0.4, -0.2) is 11.1 Å². The minimum absolute atomic E-state index is 0.151. The molecule has 2 rings (SSSR count). The van der Waals surface area contributed by atoms with E-state index in [2.05, 4.69) is 48.1 Å². The van der Waals surface area contributed by atoms with E-state index in [0.717, 1.165) is 0 Å². The van der Waals surface area contributed by atoms with Gasteiger partial charge in [-0.3, -0.25) is 0 Å². The maximum Gasteiger partial charge on any atom is 0.331 e. The van der Waals surface area contributed by atoms with Crippen molar-refractivity contribution in [1.29, 1.82) is 0 Å². The second-order valence-corrected chi connectivity index (χ2v) is 10.3. The molecule has 26 heavy (non-hydrogen) atoms. The lowest BCUT2D eigenvalue weighted by atomic mass is 9.55. The molecule has 0 bridgehead atoms. The molecule has 150 valence electrons. The Labute approximate surface area is 161 Å². The Kier molecular flexibility index (Phi) is 7.39. The van der Waals surface area contributed by atoms with Crippen LogP contribution in [0.15, 0.2) is 12.2 Å². The van der Waals surface area contributed by atoms with Crippen molar-refractivity contribution in [2.45, 2.75) is 80.1 Å². The first kappa shape index (κ1) is 21.5. The molecule has 0 aromatic heterocycles. The van der Waals surface area contributed by atoms with Gasteiger partial charge in [0, 0.05) is 5.57 Å². The van der Waals surface area contributed by atoms with Gasteiger partial charge in [-0.25, -0.2) is 4.79 Å². The first-order chi connectivity index (χ1) is 12.1. The quantitative estimate of drug-likeness (QED) is 0.536. The van der Waals surface area contributed by atoms with Crippen LogP contribution in [0.25, 0.3) is 0 Å². The maximum absolute atomic E-state index is 12.0. The smallest absolute Gasteiger partial charge is 0.331 e. The summed E-state index contributed by atoms with van der Waals surface area (Å²) in [5.41, 5.74) is 0.500. The van der Waals surface area contributed by atoms with E-state index in [1.165, 1.54) is 38.5 Å². The second kappa shape index (κ2) is 8.93. The van der Waals surface area contributed by atoms with E-state index < -0.39 is 5.97 Å². The lowest BCUT2D eigenvalue weighted by molar-refractivity contribution is -0.134. The molecule has 2 saturated carbocycles. The van der Waals surface area contributed by atoms with Gasteiger partial charge in [-0.15, -0.1) is 0 Å². The molecule has 1 N–H and O–H groups in total. The van der Waals surface area contributed by atoms with Crippen molar-refractivity contribution in [1.82, 2.24) is 0 Å². The Hall–Kier alpha value is -0.790. The van der Waals surface area contributed by atoms with Gasteiger partial charge in [0.2, 0.25) is 0 Å². The predicted octanol–water partition coefficient (Wildman–Crippen LogP) is 6.66. The molecule has 0 spiro atoms. The molecule has 2 fully saturated rings. The van der Waals surface area contributed by atoms with Crippen molar-refractivity contribution in [3.63, 3.8) is 0 Å². The van der Waals surface area contributed by atoms with Crippen LogP contribution >= 0.6 is 0 Å². The number of hydrogen-bond acceptors (Lipinski definition) is 1. The Balaban J connectivity index is 2.43.